The third-order valence-electron chi connectivity index (χ3n) is 2.44. The third kappa shape index (κ3) is 1.68. The average molecular weight is 197 g/mol. The molecular formula is C9H12FN3O. The molecule has 0 amide bonds. The monoisotopic (exact) mass is 197 g/mol. The highest BCUT2D eigenvalue weighted by Crippen LogP contribution is 2.19. The van der Waals surface area contributed by atoms with Crippen LogP contribution in [0.15, 0.2) is 12.5 Å². The summed E-state index contributed by atoms with van der Waals surface area (Å²) < 4.78 is 18.5. The Hall–Kier alpha value is -1.23. The van der Waals surface area contributed by atoms with Crippen molar-refractivity contribution in [2.75, 3.05) is 25.2 Å². The number of hydrogen-bond donors (Lipinski definition) is 0. The first-order chi connectivity index (χ1) is 6.79. The smallest absolute Gasteiger partial charge is 0.183 e. The van der Waals surface area contributed by atoms with Crippen LogP contribution in [0.3, 0.4) is 0 Å². The van der Waals surface area contributed by atoms with Crippen molar-refractivity contribution in [2.45, 2.75) is 12.5 Å². The van der Waals surface area contributed by atoms with E-state index < -0.39 is 0 Å². The molecule has 0 aromatic carbocycles. The average Bonchev–Trinajstić information content (AvgIpc) is 2.70. The lowest BCUT2D eigenvalue weighted by molar-refractivity contribution is 0.193. The van der Waals surface area contributed by atoms with Crippen LogP contribution in [0.5, 0.6) is 0 Å². The second-order valence-electron chi connectivity index (χ2n) is 3.32. The van der Waals surface area contributed by atoms with Crippen LogP contribution in [0.1, 0.15) is 6.42 Å². The van der Waals surface area contributed by atoms with Crippen LogP contribution in [0, 0.1) is 5.82 Å². The van der Waals surface area contributed by atoms with E-state index in [1.165, 1.54) is 12.5 Å². The number of likely N-dealkylation sites (N-methyl/N-ethyl adjacent to an activating group) is 1. The van der Waals surface area contributed by atoms with Crippen LogP contribution in [-0.2, 0) is 4.74 Å². The summed E-state index contributed by atoms with van der Waals surface area (Å²) in [6, 6.07) is 0.222. The predicted octanol–water partition coefficient (Wildman–Crippen LogP) is 0.841. The van der Waals surface area contributed by atoms with Crippen molar-refractivity contribution in [3.8, 4) is 0 Å². The molecule has 4 nitrogen and oxygen atoms in total. The van der Waals surface area contributed by atoms with Crippen LogP contribution in [0.4, 0.5) is 10.2 Å². The summed E-state index contributed by atoms with van der Waals surface area (Å²) in [5, 5.41) is 0. The molecule has 1 saturated heterocycles. The van der Waals surface area contributed by atoms with Crippen LogP contribution >= 0.6 is 0 Å². The van der Waals surface area contributed by atoms with Crippen LogP contribution < -0.4 is 4.90 Å². The van der Waals surface area contributed by atoms with E-state index in [9.17, 15) is 4.39 Å². The Bertz CT molecular complexity index is 315. The van der Waals surface area contributed by atoms with E-state index >= 15 is 0 Å². The molecule has 1 aliphatic rings. The van der Waals surface area contributed by atoms with Crippen LogP contribution in [0.2, 0.25) is 0 Å². The fourth-order valence-corrected chi connectivity index (χ4v) is 1.57. The SMILES string of the molecule is CN(c1ncncc1F)C1CCOC1. The third-order valence-corrected chi connectivity index (χ3v) is 2.44. The molecule has 1 fully saturated rings. The Morgan fingerprint density at radius 1 is 1.64 bits per heavy atom. The van der Waals surface area contributed by atoms with Crippen molar-refractivity contribution in [2.24, 2.45) is 0 Å². The van der Waals surface area contributed by atoms with Crippen molar-refractivity contribution >= 4 is 5.82 Å². The van der Waals surface area contributed by atoms with Gasteiger partial charge < -0.3 is 9.64 Å². The lowest BCUT2D eigenvalue weighted by Gasteiger charge is -2.23. The summed E-state index contributed by atoms with van der Waals surface area (Å²) in [6.07, 6.45) is 3.44. The normalized spacial score (nSPS) is 21.1. The van der Waals surface area contributed by atoms with Gasteiger partial charge in [0.2, 0.25) is 0 Å². The number of hydrogen-bond acceptors (Lipinski definition) is 4. The Morgan fingerprint density at radius 3 is 3.14 bits per heavy atom. The van der Waals surface area contributed by atoms with Crippen LogP contribution in [-0.4, -0.2) is 36.3 Å². The molecule has 0 N–H and O–H groups in total. The minimum atomic E-state index is -0.387. The zero-order valence-electron chi connectivity index (χ0n) is 7.98. The highest BCUT2D eigenvalue weighted by Gasteiger charge is 2.23. The van der Waals surface area contributed by atoms with Gasteiger partial charge in [0.05, 0.1) is 18.8 Å². The van der Waals surface area contributed by atoms with Gasteiger partial charge in [0.15, 0.2) is 11.6 Å². The maximum absolute atomic E-state index is 13.3. The Kier molecular flexibility index (Phi) is 2.58. The summed E-state index contributed by atoms with van der Waals surface area (Å²) in [7, 11) is 1.82. The number of anilines is 1. The highest BCUT2D eigenvalue weighted by molar-refractivity contribution is 5.38. The first kappa shape index (κ1) is 9.33. The first-order valence-corrected chi connectivity index (χ1v) is 4.55. The van der Waals surface area contributed by atoms with Gasteiger partial charge in [-0.2, -0.15) is 0 Å². The number of aromatic nitrogens is 2. The van der Waals surface area contributed by atoms with Crippen molar-refractivity contribution in [1.29, 1.82) is 0 Å². The van der Waals surface area contributed by atoms with E-state index in [1.54, 1.807) is 0 Å². The Balaban J connectivity index is 2.17. The fourth-order valence-electron chi connectivity index (χ4n) is 1.57. The molecule has 2 rings (SSSR count). The number of ether oxygens (including phenoxy) is 1. The maximum atomic E-state index is 13.3. The molecule has 1 aromatic heterocycles. The van der Waals surface area contributed by atoms with Crippen molar-refractivity contribution < 1.29 is 9.13 Å². The number of halogens is 1. The van der Waals surface area contributed by atoms with Crippen molar-refractivity contribution in [1.82, 2.24) is 9.97 Å². The first-order valence-electron chi connectivity index (χ1n) is 4.55. The molecule has 2 heterocycles. The number of nitrogens with zero attached hydrogens (tertiary/aromatic N) is 3. The Morgan fingerprint density at radius 2 is 2.50 bits per heavy atom. The van der Waals surface area contributed by atoms with Crippen molar-refractivity contribution in [3.63, 3.8) is 0 Å². The molecule has 14 heavy (non-hydrogen) atoms. The van der Waals surface area contributed by atoms with Crippen LogP contribution in [0.25, 0.3) is 0 Å². The van der Waals surface area contributed by atoms with Gasteiger partial charge in [-0.15, -0.1) is 0 Å². The zero-order chi connectivity index (χ0) is 9.97. The standard InChI is InChI=1S/C9H12FN3O/c1-13(7-2-3-14-5-7)9-8(10)4-11-6-12-9/h4,6-7H,2-3,5H2,1H3. The summed E-state index contributed by atoms with van der Waals surface area (Å²) in [5.41, 5.74) is 0. The molecule has 1 aliphatic heterocycles. The van der Waals surface area contributed by atoms with Gasteiger partial charge in [0, 0.05) is 13.7 Å². The van der Waals surface area contributed by atoms with Gasteiger partial charge in [-0.05, 0) is 6.42 Å². The molecule has 0 radical (unpaired) electrons. The summed E-state index contributed by atoms with van der Waals surface area (Å²) >= 11 is 0. The molecule has 0 bridgehead atoms. The zero-order valence-corrected chi connectivity index (χ0v) is 7.98. The second kappa shape index (κ2) is 3.88. The Labute approximate surface area is 81.7 Å². The van der Waals surface area contributed by atoms with E-state index in [0.717, 1.165) is 13.0 Å². The van der Waals surface area contributed by atoms with Gasteiger partial charge in [-0.25, -0.2) is 14.4 Å². The van der Waals surface area contributed by atoms with Gasteiger partial charge in [0.25, 0.3) is 0 Å². The van der Waals surface area contributed by atoms with Gasteiger partial charge in [-0.1, -0.05) is 0 Å². The van der Waals surface area contributed by atoms with Crippen molar-refractivity contribution in [3.05, 3.63) is 18.3 Å². The van der Waals surface area contributed by atoms with E-state index in [1.807, 2.05) is 11.9 Å². The molecular weight excluding hydrogens is 185 g/mol. The molecule has 76 valence electrons. The van der Waals surface area contributed by atoms with Gasteiger partial charge in [-0.3, -0.25) is 0 Å². The summed E-state index contributed by atoms with van der Waals surface area (Å²) in [6.45, 7) is 1.38. The molecule has 0 saturated carbocycles. The highest BCUT2D eigenvalue weighted by atomic mass is 19.1. The van der Waals surface area contributed by atoms with E-state index in [-0.39, 0.29) is 11.9 Å². The summed E-state index contributed by atoms with van der Waals surface area (Å²) in [5.74, 6) is -0.0441. The van der Waals surface area contributed by atoms with E-state index in [2.05, 4.69) is 9.97 Å². The minimum Gasteiger partial charge on any atom is -0.379 e. The van der Waals surface area contributed by atoms with E-state index in [0.29, 0.717) is 12.4 Å². The topological polar surface area (TPSA) is 38.2 Å². The van der Waals surface area contributed by atoms with Gasteiger partial charge in [0.1, 0.15) is 6.33 Å². The second-order valence-corrected chi connectivity index (χ2v) is 3.32. The van der Waals surface area contributed by atoms with E-state index in [4.69, 9.17) is 4.74 Å². The predicted molar refractivity (Wildman–Crippen MR) is 49.6 cm³/mol. The quantitative estimate of drug-likeness (QED) is 0.704. The molecule has 0 aliphatic carbocycles. The maximum Gasteiger partial charge on any atom is 0.183 e. The minimum absolute atomic E-state index is 0.222. The lowest BCUT2D eigenvalue weighted by Crippen LogP contribution is -2.33. The molecule has 0 spiro atoms. The fraction of sp³-hybridized carbons (Fsp3) is 0.556. The van der Waals surface area contributed by atoms with Gasteiger partial charge >= 0.3 is 0 Å². The molecule has 1 aromatic rings. The molecule has 5 heteroatoms. The number of rotatable bonds is 2. The molecule has 1 unspecified atom stereocenters. The lowest BCUT2D eigenvalue weighted by atomic mass is 10.2. The largest absolute Gasteiger partial charge is 0.379 e. The molecule has 1 atom stereocenters. The summed E-state index contributed by atoms with van der Waals surface area (Å²) in [4.78, 5) is 9.33.